The zero-order valence-corrected chi connectivity index (χ0v) is 18.2. The standard InChI is InChI=1S/C20H22N4OS.HI/c1-21-20(22-12-13-25-17-10-6-3-7-11-17)23-14-19-24-18(15-26-19)16-8-4-2-5-9-16;/h2-11,15H,12-14H2,1H3,(H2,21,22,23);1H. The van der Waals surface area contributed by atoms with Crippen LogP contribution in [0.15, 0.2) is 71.0 Å². The van der Waals surface area contributed by atoms with Gasteiger partial charge in [0.2, 0.25) is 0 Å². The summed E-state index contributed by atoms with van der Waals surface area (Å²) in [7, 11) is 1.75. The average molecular weight is 494 g/mol. The Labute approximate surface area is 180 Å². The Hall–Kier alpha value is -2.13. The minimum Gasteiger partial charge on any atom is -0.492 e. The van der Waals surface area contributed by atoms with Crippen LogP contribution in [0.3, 0.4) is 0 Å². The van der Waals surface area contributed by atoms with Crippen LogP contribution in [-0.2, 0) is 6.54 Å². The number of hydrogen-bond donors (Lipinski definition) is 2. The first-order chi connectivity index (χ1) is 12.8. The fourth-order valence-electron chi connectivity index (χ4n) is 2.37. The second-order valence-corrected chi connectivity index (χ2v) is 6.45. The molecule has 27 heavy (non-hydrogen) atoms. The lowest BCUT2D eigenvalue weighted by Gasteiger charge is -2.11. The Morgan fingerprint density at radius 1 is 1.04 bits per heavy atom. The van der Waals surface area contributed by atoms with Crippen molar-refractivity contribution in [3.05, 3.63) is 71.1 Å². The summed E-state index contributed by atoms with van der Waals surface area (Å²) in [5.41, 5.74) is 2.14. The Morgan fingerprint density at radius 3 is 2.44 bits per heavy atom. The van der Waals surface area contributed by atoms with Crippen molar-refractivity contribution in [2.45, 2.75) is 6.54 Å². The lowest BCUT2D eigenvalue weighted by atomic mass is 10.2. The van der Waals surface area contributed by atoms with E-state index in [1.165, 1.54) is 0 Å². The highest BCUT2D eigenvalue weighted by Gasteiger charge is 2.05. The maximum absolute atomic E-state index is 5.66. The number of halogens is 1. The first-order valence-corrected chi connectivity index (χ1v) is 9.35. The molecule has 0 bridgehead atoms. The predicted octanol–water partition coefficient (Wildman–Crippen LogP) is 4.17. The molecule has 0 saturated carbocycles. The summed E-state index contributed by atoms with van der Waals surface area (Å²) in [6.07, 6.45) is 0. The number of thiazole rings is 1. The van der Waals surface area contributed by atoms with Crippen LogP contribution >= 0.6 is 35.3 Å². The number of ether oxygens (including phenoxy) is 1. The highest BCUT2D eigenvalue weighted by Crippen LogP contribution is 2.21. The molecule has 0 amide bonds. The van der Waals surface area contributed by atoms with Crippen LogP contribution in [0.1, 0.15) is 5.01 Å². The third-order valence-corrected chi connectivity index (χ3v) is 4.51. The molecule has 0 spiro atoms. The normalized spacial score (nSPS) is 10.8. The number of nitrogens with zero attached hydrogens (tertiary/aromatic N) is 2. The van der Waals surface area contributed by atoms with Crippen LogP contribution < -0.4 is 15.4 Å². The van der Waals surface area contributed by atoms with E-state index in [-0.39, 0.29) is 24.0 Å². The van der Waals surface area contributed by atoms with Crippen molar-refractivity contribution >= 4 is 41.3 Å². The summed E-state index contributed by atoms with van der Waals surface area (Å²) in [5.74, 6) is 1.60. The summed E-state index contributed by atoms with van der Waals surface area (Å²) in [5, 5.41) is 9.62. The number of nitrogens with one attached hydrogen (secondary N) is 2. The van der Waals surface area contributed by atoms with Crippen molar-refractivity contribution in [2.24, 2.45) is 4.99 Å². The minimum absolute atomic E-state index is 0. The van der Waals surface area contributed by atoms with Crippen molar-refractivity contribution in [2.75, 3.05) is 20.2 Å². The molecular formula is C20H23IN4OS. The van der Waals surface area contributed by atoms with Crippen LogP contribution in [0.2, 0.25) is 0 Å². The summed E-state index contributed by atoms with van der Waals surface area (Å²) in [4.78, 5) is 8.90. The van der Waals surface area contributed by atoms with E-state index in [2.05, 4.69) is 38.1 Å². The number of para-hydroxylation sites is 1. The molecule has 0 unspecified atom stereocenters. The number of benzene rings is 2. The van der Waals surface area contributed by atoms with E-state index in [1.54, 1.807) is 18.4 Å². The zero-order chi connectivity index (χ0) is 18.0. The van der Waals surface area contributed by atoms with E-state index in [1.807, 2.05) is 48.5 Å². The monoisotopic (exact) mass is 494 g/mol. The summed E-state index contributed by atoms with van der Waals surface area (Å²) in [6, 6.07) is 20.0. The summed E-state index contributed by atoms with van der Waals surface area (Å²) < 4.78 is 5.66. The SMILES string of the molecule is CN=C(NCCOc1ccccc1)NCc1nc(-c2ccccc2)cs1.I. The fraction of sp³-hybridized carbons (Fsp3) is 0.200. The Bertz CT molecular complexity index is 824. The molecule has 0 aliphatic heterocycles. The average Bonchev–Trinajstić information content (AvgIpc) is 3.18. The van der Waals surface area contributed by atoms with E-state index < -0.39 is 0 Å². The molecule has 0 aliphatic carbocycles. The van der Waals surface area contributed by atoms with Gasteiger partial charge in [-0.25, -0.2) is 4.98 Å². The molecule has 2 aromatic carbocycles. The summed E-state index contributed by atoms with van der Waals surface area (Å²) >= 11 is 1.64. The predicted molar refractivity (Wildman–Crippen MR) is 123 cm³/mol. The van der Waals surface area contributed by atoms with E-state index in [9.17, 15) is 0 Å². The number of hydrogen-bond acceptors (Lipinski definition) is 4. The molecule has 1 aromatic heterocycles. The molecule has 1 heterocycles. The van der Waals surface area contributed by atoms with Gasteiger partial charge in [-0.05, 0) is 12.1 Å². The zero-order valence-electron chi connectivity index (χ0n) is 15.1. The molecule has 5 nitrogen and oxygen atoms in total. The molecule has 3 aromatic rings. The largest absolute Gasteiger partial charge is 0.492 e. The third kappa shape index (κ3) is 6.84. The van der Waals surface area contributed by atoms with Gasteiger partial charge in [0.25, 0.3) is 0 Å². The Morgan fingerprint density at radius 2 is 1.74 bits per heavy atom. The quantitative estimate of drug-likeness (QED) is 0.224. The molecular weight excluding hydrogens is 471 g/mol. The van der Waals surface area contributed by atoms with Crippen molar-refractivity contribution in [1.29, 1.82) is 0 Å². The molecule has 3 rings (SSSR count). The van der Waals surface area contributed by atoms with E-state index in [4.69, 9.17) is 4.74 Å². The van der Waals surface area contributed by atoms with Crippen LogP contribution in [-0.4, -0.2) is 31.1 Å². The number of guanidine groups is 1. The van der Waals surface area contributed by atoms with Crippen molar-refractivity contribution in [3.63, 3.8) is 0 Å². The van der Waals surface area contributed by atoms with Gasteiger partial charge in [0.15, 0.2) is 5.96 Å². The van der Waals surface area contributed by atoms with Crippen LogP contribution in [0, 0.1) is 0 Å². The van der Waals surface area contributed by atoms with Gasteiger partial charge in [-0.2, -0.15) is 0 Å². The maximum atomic E-state index is 5.66. The van der Waals surface area contributed by atoms with Gasteiger partial charge < -0.3 is 15.4 Å². The number of rotatable bonds is 7. The molecule has 2 N–H and O–H groups in total. The van der Waals surface area contributed by atoms with E-state index >= 15 is 0 Å². The van der Waals surface area contributed by atoms with Gasteiger partial charge in [-0.3, -0.25) is 4.99 Å². The molecule has 142 valence electrons. The number of aromatic nitrogens is 1. The van der Waals surface area contributed by atoms with Crippen LogP contribution in [0.4, 0.5) is 0 Å². The van der Waals surface area contributed by atoms with E-state index in [0.717, 1.165) is 28.0 Å². The first kappa shape index (κ1) is 21.2. The Balaban J connectivity index is 0.00000261. The van der Waals surface area contributed by atoms with Gasteiger partial charge in [0.05, 0.1) is 18.8 Å². The highest BCUT2D eigenvalue weighted by molar-refractivity contribution is 14.0. The summed E-state index contributed by atoms with van der Waals surface area (Å²) in [6.45, 7) is 1.87. The second kappa shape index (κ2) is 11.6. The molecule has 7 heteroatoms. The van der Waals surface area contributed by atoms with Gasteiger partial charge in [-0.1, -0.05) is 48.5 Å². The van der Waals surface area contributed by atoms with Crippen LogP contribution in [0.25, 0.3) is 11.3 Å². The van der Waals surface area contributed by atoms with Gasteiger partial charge in [-0.15, -0.1) is 35.3 Å². The fourth-order valence-corrected chi connectivity index (χ4v) is 3.11. The molecule has 0 saturated heterocycles. The minimum atomic E-state index is 0. The van der Waals surface area contributed by atoms with Crippen molar-refractivity contribution in [3.8, 4) is 17.0 Å². The molecule has 0 aliphatic rings. The first-order valence-electron chi connectivity index (χ1n) is 8.47. The topological polar surface area (TPSA) is 58.5 Å². The maximum Gasteiger partial charge on any atom is 0.191 e. The smallest absolute Gasteiger partial charge is 0.191 e. The van der Waals surface area contributed by atoms with Crippen LogP contribution in [0.5, 0.6) is 5.75 Å². The lowest BCUT2D eigenvalue weighted by Crippen LogP contribution is -2.38. The van der Waals surface area contributed by atoms with Crippen molar-refractivity contribution in [1.82, 2.24) is 15.6 Å². The molecule has 0 radical (unpaired) electrons. The second-order valence-electron chi connectivity index (χ2n) is 5.51. The van der Waals surface area contributed by atoms with Gasteiger partial charge in [0, 0.05) is 18.0 Å². The molecule has 0 atom stereocenters. The van der Waals surface area contributed by atoms with Crippen molar-refractivity contribution < 1.29 is 4.74 Å². The third-order valence-electron chi connectivity index (χ3n) is 3.66. The van der Waals surface area contributed by atoms with Gasteiger partial charge >= 0.3 is 0 Å². The lowest BCUT2D eigenvalue weighted by molar-refractivity contribution is 0.322. The Kier molecular flexibility index (Phi) is 9.06. The number of aliphatic imine (C=N–C) groups is 1. The van der Waals surface area contributed by atoms with Gasteiger partial charge in [0.1, 0.15) is 17.4 Å². The van der Waals surface area contributed by atoms with E-state index in [0.29, 0.717) is 19.7 Å². The molecule has 0 fully saturated rings. The highest BCUT2D eigenvalue weighted by atomic mass is 127.